The number of methoxy groups -OCH3 is 2. The number of rotatable bonds is 2. The van der Waals surface area contributed by atoms with Crippen molar-refractivity contribution in [3.05, 3.63) is 70.4 Å². The Kier molecular flexibility index (Phi) is 3.56. The van der Waals surface area contributed by atoms with E-state index in [1.54, 1.807) is 14.2 Å². The van der Waals surface area contributed by atoms with Crippen molar-refractivity contribution in [1.82, 2.24) is 0 Å². The molecule has 0 saturated carbocycles. The highest BCUT2D eigenvalue weighted by molar-refractivity contribution is 6.10. The number of benzene rings is 4. The highest BCUT2D eigenvalue weighted by atomic mass is 16.5. The molecule has 0 N–H and O–H groups in total. The van der Waals surface area contributed by atoms with Crippen LogP contribution < -0.4 is 14.9 Å². The van der Waals surface area contributed by atoms with Crippen molar-refractivity contribution < 1.29 is 13.9 Å². The van der Waals surface area contributed by atoms with E-state index in [1.165, 1.54) is 0 Å². The van der Waals surface area contributed by atoms with E-state index in [0.717, 1.165) is 32.9 Å². The van der Waals surface area contributed by atoms with Crippen molar-refractivity contribution >= 4 is 32.5 Å². The lowest BCUT2D eigenvalue weighted by molar-refractivity contribution is 0.398. The fraction of sp³-hybridized carbons (Fsp3) is 0.125. The molecular formula is C24H18O4. The van der Waals surface area contributed by atoms with Crippen LogP contribution in [0, 0.1) is 6.92 Å². The quantitative estimate of drug-likeness (QED) is 0.303. The van der Waals surface area contributed by atoms with E-state index in [0.29, 0.717) is 28.0 Å². The van der Waals surface area contributed by atoms with Crippen molar-refractivity contribution in [2.75, 3.05) is 14.2 Å². The molecule has 4 heteroatoms. The molecule has 5 rings (SSSR count). The minimum absolute atomic E-state index is 0.0139. The zero-order valence-corrected chi connectivity index (χ0v) is 15.8. The van der Waals surface area contributed by atoms with Gasteiger partial charge in [0, 0.05) is 16.8 Å². The monoisotopic (exact) mass is 370 g/mol. The van der Waals surface area contributed by atoms with Crippen molar-refractivity contribution in [1.29, 1.82) is 0 Å². The maximum Gasteiger partial charge on any atom is 0.197 e. The summed E-state index contributed by atoms with van der Waals surface area (Å²) in [4.78, 5) is 13.0. The Balaban J connectivity index is 2.01. The number of hydrogen-bond acceptors (Lipinski definition) is 4. The summed E-state index contributed by atoms with van der Waals surface area (Å²) in [6.07, 6.45) is 0. The summed E-state index contributed by atoms with van der Waals surface area (Å²) < 4.78 is 17.3. The Morgan fingerprint density at radius 3 is 2.46 bits per heavy atom. The van der Waals surface area contributed by atoms with E-state index in [1.807, 2.05) is 55.5 Å². The largest absolute Gasteiger partial charge is 0.497 e. The third-order valence-corrected chi connectivity index (χ3v) is 5.33. The highest BCUT2D eigenvalue weighted by Crippen LogP contribution is 2.40. The van der Waals surface area contributed by atoms with Crippen LogP contribution in [0.25, 0.3) is 43.8 Å². The molecule has 3 aromatic rings. The second kappa shape index (κ2) is 5.99. The van der Waals surface area contributed by atoms with Gasteiger partial charge in [0.25, 0.3) is 0 Å². The van der Waals surface area contributed by atoms with E-state index >= 15 is 0 Å². The van der Waals surface area contributed by atoms with Crippen molar-refractivity contribution in [3.8, 4) is 22.8 Å². The van der Waals surface area contributed by atoms with Crippen molar-refractivity contribution in [3.63, 3.8) is 0 Å². The van der Waals surface area contributed by atoms with Crippen LogP contribution in [0.3, 0.4) is 0 Å². The van der Waals surface area contributed by atoms with Gasteiger partial charge in [0.2, 0.25) is 0 Å². The first-order chi connectivity index (χ1) is 13.6. The van der Waals surface area contributed by atoms with E-state index in [4.69, 9.17) is 13.9 Å². The van der Waals surface area contributed by atoms with E-state index in [2.05, 4.69) is 6.07 Å². The molecule has 0 aromatic heterocycles. The van der Waals surface area contributed by atoms with Gasteiger partial charge in [0.1, 0.15) is 22.8 Å². The van der Waals surface area contributed by atoms with Crippen LogP contribution in [0.2, 0.25) is 0 Å². The van der Waals surface area contributed by atoms with Crippen LogP contribution >= 0.6 is 0 Å². The molecule has 0 spiro atoms. The lowest BCUT2D eigenvalue weighted by Gasteiger charge is -2.15. The van der Waals surface area contributed by atoms with Gasteiger partial charge in [-0.2, -0.15) is 0 Å². The molecule has 0 atom stereocenters. The van der Waals surface area contributed by atoms with E-state index in [-0.39, 0.29) is 5.43 Å². The van der Waals surface area contributed by atoms with Crippen molar-refractivity contribution in [2.24, 2.45) is 0 Å². The van der Waals surface area contributed by atoms with Gasteiger partial charge in [-0.05, 0) is 41.5 Å². The second-order valence-electron chi connectivity index (χ2n) is 6.95. The van der Waals surface area contributed by atoms with Crippen LogP contribution in [0.4, 0.5) is 0 Å². The van der Waals surface area contributed by atoms with Gasteiger partial charge in [0.05, 0.1) is 25.2 Å². The first-order valence-corrected chi connectivity index (χ1v) is 9.05. The fourth-order valence-corrected chi connectivity index (χ4v) is 3.94. The summed E-state index contributed by atoms with van der Waals surface area (Å²) in [5.41, 5.74) is 2.30. The number of hydrogen-bond donors (Lipinski definition) is 0. The molecule has 138 valence electrons. The minimum atomic E-state index is -0.0139. The summed E-state index contributed by atoms with van der Waals surface area (Å²) in [6, 6.07) is 17.3. The molecular weight excluding hydrogens is 352 g/mol. The van der Waals surface area contributed by atoms with Crippen LogP contribution in [-0.2, 0) is 0 Å². The Hall–Kier alpha value is -3.53. The Morgan fingerprint density at radius 1 is 0.857 bits per heavy atom. The molecule has 3 aromatic carbocycles. The van der Waals surface area contributed by atoms with Gasteiger partial charge >= 0.3 is 0 Å². The van der Waals surface area contributed by atoms with Crippen molar-refractivity contribution in [2.45, 2.75) is 6.92 Å². The number of fused-ring (bicyclic) bond motifs is 5. The number of ether oxygens (including phenoxy) is 2. The zero-order valence-electron chi connectivity index (χ0n) is 15.8. The molecule has 1 heterocycles. The van der Waals surface area contributed by atoms with Crippen LogP contribution in [-0.4, -0.2) is 14.2 Å². The standard InChI is InChI=1S/C24H18O4/c1-13-8-15-9-16(26-2)11-21(27-3)22(15)24-18(13)12-19-20(28-24)10-14-6-4-5-7-17(14)23(19)25/h4-12H,1-3H3. The van der Waals surface area contributed by atoms with Gasteiger partial charge in [-0.25, -0.2) is 0 Å². The Bertz CT molecular complexity index is 1410. The summed E-state index contributed by atoms with van der Waals surface area (Å²) in [7, 11) is 3.26. The molecule has 1 aliphatic carbocycles. The predicted molar refractivity (Wildman–Crippen MR) is 112 cm³/mol. The number of aryl methyl sites for hydroxylation is 1. The summed E-state index contributed by atoms with van der Waals surface area (Å²) in [6.45, 7) is 2.01. The van der Waals surface area contributed by atoms with Crippen LogP contribution in [0.15, 0.2) is 63.8 Å². The minimum Gasteiger partial charge on any atom is -0.497 e. The molecule has 0 saturated heterocycles. The third kappa shape index (κ3) is 2.28. The first kappa shape index (κ1) is 16.6. The molecule has 0 fully saturated rings. The van der Waals surface area contributed by atoms with Gasteiger partial charge in [0.15, 0.2) is 5.43 Å². The average Bonchev–Trinajstić information content (AvgIpc) is 2.72. The summed E-state index contributed by atoms with van der Waals surface area (Å²) in [5.74, 6) is 1.96. The first-order valence-electron chi connectivity index (χ1n) is 9.05. The SMILES string of the molecule is COc1cc(OC)c2c(c1)cc(C)c1cc3c(=O)c4ccccc4cc-3oc12. The smallest absolute Gasteiger partial charge is 0.197 e. The summed E-state index contributed by atoms with van der Waals surface area (Å²) in [5, 5.41) is 4.30. The molecule has 4 nitrogen and oxygen atoms in total. The van der Waals surface area contributed by atoms with Gasteiger partial charge in [-0.15, -0.1) is 0 Å². The Morgan fingerprint density at radius 2 is 1.68 bits per heavy atom. The molecule has 0 unspecified atom stereocenters. The predicted octanol–water partition coefficient (Wildman–Crippen LogP) is 5.53. The third-order valence-electron chi connectivity index (χ3n) is 5.33. The lowest BCUT2D eigenvalue weighted by atomic mass is 9.97. The maximum absolute atomic E-state index is 13.0. The maximum atomic E-state index is 13.0. The molecule has 28 heavy (non-hydrogen) atoms. The molecule has 0 bridgehead atoms. The average molecular weight is 370 g/mol. The zero-order chi connectivity index (χ0) is 19.4. The van der Waals surface area contributed by atoms with E-state index in [9.17, 15) is 4.79 Å². The molecule has 0 amide bonds. The second-order valence-corrected chi connectivity index (χ2v) is 6.95. The lowest BCUT2D eigenvalue weighted by Crippen LogP contribution is -2.06. The van der Waals surface area contributed by atoms with Crippen LogP contribution in [0.1, 0.15) is 5.56 Å². The molecule has 2 aliphatic rings. The normalized spacial score (nSPS) is 11.5. The fourth-order valence-electron chi connectivity index (χ4n) is 3.94. The Labute approximate surface area is 161 Å². The highest BCUT2D eigenvalue weighted by Gasteiger charge is 2.19. The van der Waals surface area contributed by atoms with Gasteiger partial charge in [-0.1, -0.05) is 30.3 Å². The topological polar surface area (TPSA) is 48.7 Å². The summed E-state index contributed by atoms with van der Waals surface area (Å²) >= 11 is 0. The van der Waals surface area contributed by atoms with Gasteiger partial charge in [-0.3, -0.25) is 4.79 Å². The van der Waals surface area contributed by atoms with Gasteiger partial charge < -0.3 is 13.9 Å². The molecule has 1 aliphatic heterocycles. The van der Waals surface area contributed by atoms with E-state index < -0.39 is 0 Å². The molecule has 0 radical (unpaired) electrons. The van der Waals surface area contributed by atoms with Crippen LogP contribution in [0.5, 0.6) is 11.5 Å².